The van der Waals surface area contributed by atoms with Crippen LogP contribution >= 0.6 is 0 Å². The summed E-state index contributed by atoms with van der Waals surface area (Å²) in [5.41, 5.74) is 0.0915. The van der Waals surface area contributed by atoms with E-state index in [1.807, 2.05) is 0 Å². The fourth-order valence-electron chi connectivity index (χ4n) is 2.57. The van der Waals surface area contributed by atoms with Gasteiger partial charge in [-0.15, -0.1) is 0 Å². The summed E-state index contributed by atoms with van der Waals surface area (Å²) in [6.45, 7) is 3.53. The highest BCUT2D eigenvalue weighted by atomic mass is 32.2. The van der Waals surface area contributed by atoms with Crippen LogP contribution in [0.15, 0.2) is 17.0 Å². The first-order valence-electron chi connectivity index (χ1n) is 6.87. The maximum absolute atomic E-state index is 13.8. The molecule has 1 N–H and O–H groups in total. The number of piperidine rings is 1. The molecule has 0 aliphatic carbocycles. The number of benzene rings is 1. The van der Waals surface area contributed by atoms with Gasteiger partial charge in [0.1, 0.15) is 16.5 Å². The predicted molar refractivity (Wildman–Crippen MR) is 74.3 cm³/mol. The Bertz CT molecular complexity index is 623. The molecule has 0 aromatic heterocycles. The van der Waals surface area contributed by atoms with E-state index in [2.05, 4.69) is 0 Å². The van der Waals surface area contributed by atoms with E-state index in [0.29, 0.717) is 18.9 Å². The van der Waals surface area contributed by atoms with Crippen molar-refractivity contribution in [3.05, 3.63) is 29.3 Å². The van der Waals surface area contributed by atoms with Gasteiger partial charge in [-0.3, -0.25) is 0 Å². The first-order chi connectivity index (χ1) is 9.73. The number of aliphatic hydroxyl groups excluding tert-OH is 1. The van der Waals surface area contributed by atoms with Crippen molar-refractivity contribution in [3.63, 3.8) is 0 Å². The van der Waals surface area contributed by atoms with Gasteiger partial charge in [0.05, 0.1) is 6.10 Å². The van der Waals surface area contributed by atoms with Crippen molar-refractivity contribution >= 4 is 10.0 Å². The Morgan fingerprint density at radius 1 is 1.24 bits per heavy atom. The Balaban J connectivity index is 2.26. The highest BCUT2D eigenvalue weighted by Crippen LogP contribution is 2.28. The van der Waals surface area contributed by atoms with Gasteiger partial charge in [-0.2, -0.15) is 4.31 Å². The van der Waals surface area contributed by atoms with Gasteiger partial charge < -0.3 is 5.11 Å². The third-order valence-electron chi connectivity index (χ3n) is 4.01. The van der Waals surface area contributed by atoms with Crippen LogP contribution in [-0.4, -0.2) is 37.0 Å². The summed E-state index contributed by atoms with van der Waals surface area (Å²) in [6, 6.07) is 1.63. The van der Waals surface area contributed by atoms with Gasteiger partial charge >= 0.3 is 0 Å². The lowest BCUT2D eigenvalue weighted by molar-refractivity contribution is 0.0911. The average molecular weight is 319 g/mol. The van der Waals surface area contributed by atoms with Crippen LogP contribution in [0.4, 0.5) is 8.78 Å². The molecule has 1 aromatic carbocycles. The molecule has 1 aliphatic rings. The molecule has 21 heavy (non-hydrogen) atoms. The van der Waals surface area contributed by atoms with Crippen LogP contribution < -0.4 is 0 Å². The van der Waals surface area contributed by atoms with E-state index in [0.717, 1.165) is 6.07 Å². The molecule has 1 heterocycles. The van der Waals surface area contributed by atoms with E-state index in [9.17, 15) is 22.3 Å². The van der Waals surface area contributed by atoms with Gasteiger partial charge in [0, 0.05) is 19.2 Å². The van der Waals surface area contributed by atoms with E-state index in [4.69, 9.17) is 0 Å². The van der Waals surface area contributed by atoms with Gasteiger partial charge in [-0.25, -0.2) is 17.2 Å². The molecular weight excluding hydrogens is 300 g/mol. The van der Waals surface area contributed by atoms with E-state index in [1.165, 1.54) is 11.2 Å². The van der Waals surface area contributed by atoms with Gasteiger partial charge in [0.25, 0.3) is 0 Å². The summed E-state index contributed by atoms with van der Waals surface area (Å²) in [7, 11) is -3.97. The van der Waals surface area contributed by atoms with Crippen LogP contribution in [0, 0.1) is 24.5 Å². The van der Waals surface area contributed by atoms with E-state index >= 15 is 0 Å². The number of rotatable bonds is 3. The Hall–Kier alpha value is -1.05. The molecule has 0 radical (unpaired) electrons. The second-order valence-electron chi connectivity index (χ2n) is 5.51. The number of sulfonamides is 1. The zero-order chi connectivity index (χ0) is 15.8. The Morgan fingerprint density at radius 3 is 2.33 bits per heavy atom. The van der Waals surface area contributed by atoms with Crippen molar-refractivity contribution in [2.24, 2.45) is 5.92 Å². The zero-order valence-electron chi connectivity index (χ0n) is 12.0. The first kappa shape index (κ1) is 16.3. The number of nitrogens with zero attached hydrogens (tertiary/aromatic N) is 1. The standard InChI is InChI=1S/C14H19F2NO3S/c1-9-7-14(13(16)8-12(9)15)21(19,20)17-5-3-11(4-6-17)10(2)18/h7-8,10-11,18H,3-6H2,1-2H3. The van der Waals surface area contributed by atoms with Crippen LogP contribution in [0.1, 0.15) is 25.3 Å². The highest BCUT2D eigenvalue weighted by molar-refractivity contribution is 7.89. The summed E-state index contributed by atoms with van der Waals surface area (Å²) < 4.78 is 53.1. The molecule has 0 saturated carbocycles. The summed E-state index contributed by atoms with van der Waals surface area (Å²) in [6.07, 6.45) is 0.567. The Labute approximate surface area is 123 Å². The minimum atomic E-state index is -3.97. The largest absolute Gasteiger partial charge is 0.393 e. The number of halogens is 2. The summed E-state index contributed by atoms with van der Waals surface area (Å²) in [4.78, 5) is -0.489. The fourth-order valence-corrected chi connectivity index (χ4v) is 4.17. The van der Waals surface area contributed by atoms with Gasteiger partial charge in [-0.05, 0) is 44.2 Å². The molecule has 1 unspecified atom stereocenters. The van der Waals surface area contributed by atoms with Crippen molar-refractivity contribution in [1.29, 1.82) is 0 Å². The third kappa shape index (κ3) is 3.25. The maximum Gasteiger partial charge on any atom is 0.245 e. The minimum Gasteiger partial charge on any atom is -0.393 e. The second kappa shape index (κ2) is 5.98. The van der Waals surface area contributed by atoms with Crippen molar-refractivity contribution in [2.75, 3.05) is 13.1 Å². The van der Waals surface area contributed by atoms with Crippen LogP contribution in [0.2, 0.25) is 0 Å². The lowest BCUT2D eigenvalue weighted by Gasteiger charge is -2.32. The number of aryl methyl sites for hydroxylation is 1. The molecule has 1 saturated heterocycles. The number of hydrogen-bond acceptors (Lipinski definition) is 3. The van der Waals surface area contributed by atoms with Crippen molar-refractivity contribution in [1.82, 2.24) is 4.31 Å². The molecule has 2 rings (SSSR count). The molecule has 1 aliphatic heterocycles. The Morgan fingerprint density at radius 2 is 1.81 bits per heavy atom. The quantitative estimate of drug-likeness (QED) is 0.928. The number of aliphatic hydroxyl groups is 1. The lowest BCUT2D eigenvalue weighted by atomic mass is 9.93. The van der Waals surface area contributed by atoms with Crippen LogP contribution in [0.25, 0.3) is 0 Å². The fraction of sp³-hybridized carbons (Fsp3) is 0.571. The van der Waals surface area contributed by atoms with E-state index < -0.39 is 32.7 Å². The van der Waals surface area contributed by atoms with Gasteiger partial charge in [0.15, 0.2) is 0 Å². The van der Waals surface area contributed by atoms with E-state index in [1.54, 1.807) is 6.92 Å². The minimum absolute atomic E-state index is 0.0521. The average Bonchev–Trinajstić information content (AvgIpc) is 2.42. The summed E-state index contributed by atoms with van der Waals surface area (Å²) in [5.74, 6) is -1.79. The van der Waals surface area contributed by atoms with Crippen molar-refractivity contribution < 1.29 is 22.3 Å². The monoisotopic (exact) mass is 319 g/mol. The van der Waals surface area contributed by atoms with Crippen LogP contribution in [-0.2, 0) is 10.0 Å². The smallest absolute Gasteiger partial charge is 0.245 e. The summed E-state index contributed by atoms with van der Waals surface area (Å²) in [5, 5.41) is 9.52. The molecule has 0 amide bonds. The predicted octanol–water partition coefficient (Wildman–Crippen LogP) is 2.05. The molecule has 1 fully saturated rings. The Kier molecular flexibility index (Phi) is 4.65. The molecule has 118 valence electrons. The SMILES string of the molecule is Cc1cc(S(=O)(=O)N2CCC(C(C)O)CC2)c(F)cc1F. The summed E-state index contributed by atoms with van der Waals surface area (Å²) >= 11 is 0. The van der Waals surface area contributed by atoms with Gasteiger partial charge in [-0.1, -0.05) is 0 Å². The maximum atomic E-state index is 13.8. The third-order valence-corrected chi connectivity index (χ3v) is 5.93. The zero-order valence-corrected chi connectivity index (χ0v) is 12.8. The van der Waals surface area contributed by atoms with E-state index in [-0.39, 0.29) is 24.6 Å². The molecular formula is C14H19F2NO3S. The van der Waals surface area contributed by atoms with Gasteiger partial charge in [0.2, 0.25) is 10.0 Å². The normalized spacial score (nSPS) is 19.7. The highest BCUT2D eigenvalue weighted by Gasteiger charge is 2.32. The molecule has 1 atom stereocenters. The molecule has 1 aromatic rings. The lowest BCUT2D eigenvalue weighted by Crippen LogP contribution is -2.41. The second-order valence-corrected chi connectivity index (χ2v) is 7.42. The van der Waals surface area contributed by atoms with Crippen molar-refractivity contribution in [2.45, 2.75) is 37.7 Å². The first-order valence-corrected chi connectivity index (χ1v) is 8.31. The van der Waals surface area contributed by atoms with Crippen LogP contribution in [0.3, 0.4) is 0 Å². The molecule has 7 heteroatoms. The molecule has 4 nitrogen and oxygen atoms in total. The van der Waals surface area contributed by atoms with Crippen molar-refractivity contribution in [3.8, 4) is 0 Å². The molecule has 0 bridgehead atoms. The number of hydrogen-bond donors (Lipinski definition) is 1. The topological polar surface area (TPSA) is 57.6 Å². The van der Waals surface area contributed by atoms with Crippen LogP contribution in [0.5, 0.6) is 0 Å². The molecule has 0 spiro atoms.